The molecule has 5 saturated heterocycles. The molecule has 0 spiro atoms. The van der Waals surface area contributed by atoms with Gasteiger partial charge in [0.25, 0.3) is 0 Å². The van der Waals surface area contributed by atoms with Gasteiger partial charge in [-0.05, 0) is 51.9 Å². The van der Waals surface area contributed by atoms with Gasteiger partial charge in [-0.3, -0.25) is 9.59 Å². The highest BCUT2D eigenvalue weighted by atomic mass is 16.8. The number of aliphatic hydroxyl groups excluding tert-OH is 15. The average molecular weight is 1510 g/mol. The van der Waals surface area contributed by atoms with Crippen molar-refractivity contribution in [1.82, 2.24) is 10.6 Å². The van der Waals surface area contributed by atoms with Gasteiger partial charge in [-0.2, -0.15) is 0 Å². The fourth-order valence-corrected chi connectivity index (χ4v) is 14.2. The van der Waals surface area contributed by atoms with Gasteiger partial charge in [-0.1, -0.05) is 205 Å². The highest BCUT2D eigenvalue weighted by Crippen LogP contribution is 2.37. The van der Waals surface area contributed by atoms with Crippen LogP contribution in [0.2, 0.25) is 0 Å². The number of carbonyl (C=O) groups is 2. The molecule has 17 N–H and O–H groups in total. The van der Waals surface area contributed by atoms with E-state index in [9.17, 15) is 86.2 Å². The fraction of sp³-hybridized carbons (Fsp3) is 0.921. The molecule has 105 heavy (non-hydrogen) atoms. The Balaban J connectivity index is 1.16. The van der Waals surface area contributed by atoms with E-state index in [0.29, 0.717) is 12.8 Å². The molecule has 5 heterocycles. The number of carbonyl (C=O) groups excluding carboxylic acids is 2. The molecule has 5 fully saturated rings. The van der Waals surface area contributed by atoms with Crippen molar-refractivity contribution in [3.05, 3.63) is 24.3 Å². The van der Waals surface area contributed by atoms with Crippen LogP contribution in [0.5, 0.6) is 0 Å². The first kappa shape index (κ1) is 93.0. The van der Waals surface area contributed by atoms with Crippen LogP contribution in [0.1, 0.15) is 246 Å². The van der Waals surface area contributed by atoms with E-state index in [1.54, 1.807) is 6.08 Å². The molecule has 5 aliphatic rings. The van der Waals surface area contributed by atoms with Gasteiger partial charge in [0.15, 0.2) is 31.5 Å². The molecule has 29 heteroatoms. The first-order valence-electron chi connectivity index (χ1n) is 40.0. The second-order valence-electron chi connectivity index (χ2n) is 29.6. The summed E-state index contributed by atoms with van der Waals surface area (Å²) in [7, 11) is 0. The fourth-order valence-electron chi connectivity index (χ4n) is 14.2. The van der Waals surface area contributed by atoms with E-state index in [1.165, 1.54) is 161 Å². The summed E-state index contributed by atoms with van der Waals surface area (Å²) in [5.41, 5.74) is 0. The molecule has 27 atom stereocenters. The van der Waals surface area contributed by atoms with Crippen molar-refractivity contribution >= 4 is 11.8 Å². The summed E-state index contributed by atoms with van der Waals surface area (Å²) in [6.45, 7) is 2.65. The van der Waals surface area contributed by atoms with E-state index >= 15 is 0 Å². The molecule has 0 aromatic rings. The highest BCUT2D eigenvalue weighted by molar-refractivity contribution is 5.76. The Labute approximate surface area is 622 Å². The lowest BCUT2D eigenvalue weighted by atomic mass is 9.94. The van der Waals surface area contributed by atoms with Crippen LogP contribution in [0.15, 0.2) is 24.3 Å². The maximum absolute atomic E-state index is 13.6. The zero-order valence-electron chi connectivity index (χ0n) is 63.1. The number of allylic oxidation sites excluding steroid dienone is 3. The van der Waals surface area contributed by atoms with Crippen molar-refractivity contribution in [1.29, 1.82) is 0 Å². The number of rotatable bonds is 54. The Morgan fingerprint density at radius 3 is 1.29 bits per heavy atom. The van der Waals surface area contributed by atoms with Crippen molar-refractivity contribution in [3.8, 4) is 0 Å². The Hall–Kier alpha value is -2.58. The van der Waals surface area contributed by atoms with Crippen LogP contribution in [0.25, 0.3) is 0 Å². The van der Waals surface area contributed by atoms with Crippen molar-refractivity contribution in [2.45, 2.75) is 412 Å². The van der Waals surface area contributed by atoms with Gasteiger partial charge in [0.05, 0.1) is 51.3 Å². The summed E-state index contributed by atoms with van der Waals surface area (Å²) >= 11 is 0. The molecule has 614 valence electrons. The smallest absolute Gasteiger partial charge is 0.220 e. The van der Waals surface area contributed by atoms with Crippen molar-refractivity contribution < 1.29 is 134 Å². The lowest BCUT2D eigenvalue weighted by molar-refractivity contribution is -0.391. The molecular weight excluding hydrogens is 1370 g/mol. The molecule has 0 radical (unpaired) electrons. The summed E-state index contributed by atoms with van der Waals surface area (Å²) in [5.74, 6) is -1.14. The summed E-state index contributed by atoms with van der Waals surface area (Å²) in [6.07, 6.45) is 2.37. The first-order chi connectivity index (χ1) is 50.7. The molecule has 0 aromatic carbocycles. The van der Waals surface area contributed by atoms with Gasteiger partial charge in [0.2, 0.25) is 11.8 Å². The van der Waals surface area contributed by atoms with Crippen LogP contribution in [-0.4, -0.2) is 287 Å². The Morgan fingerprint density at radius 1 is 0.390 bits per heavy atom. The maximum Gasteiger partial charge on any atom is 0.220 e. The van der Waals surface area contributed by atoms with Crippen molar-refractivity contribution in [2.75, 3.05) is 33.0 Å². The number of hydrogen-bond donors (Lipinski definition) is 17. The standard InChI is InChI=1S/C76H138N2O27/c1-5-7-9-11-13-15-17-19-20-21-22-23-24-25-26-27-28-30-32-34-36-38-40-42-56(85)78-50(51(84)41-39-37-35-33-31-29-18-16-14-12-10-8-6-2)47-96-73-66(94)64(92)69(55(46-82)101-73)102-75-67(95)70(60(88)53(44-80)98-75)104-72-57(77-49(4)83)61(89)68(54(45-81)100-72)103-76-71(63(91)59(87)52(43-79)99-76)105-74-65(93)62(90)58(86)48(3)97-74/h19-20,39,41,48,50-55,57-76,79-82,84,86-95H,5-18,21-38,40,42-47H2,1-4H3,(H,77,83)(H,78,85)/b20-19-,41-39+/t48?,50-,51+,52?,53?,54?,55?,57?,58+,59-,60-,61+,62?,63-,64+,65-,66?,67?,68+,69+,70-,71?,72-,73+,74+,75-,76-/m0/s1. The van der Waals surface area contributed by atoms with Crippen LogP contribution in [0, 0.1) is 0 Å². The van der Waals surface area contributed by atoms with E-state index < -0.39 is 205 Å². The van der Waals surface area contributed by atoms with Gasteiger partial charge < -0.3 is 135 Å². The van der Waals surface area contributed by atoms with E-state index in [0.717, 1.165) is 51.9 Å². The second-order valence-corrected chi connectivity index (χ2v) is 29.6. The first-order valence-corrected chi connectivity index (χ1v) is 40.0. The van der Waals surface area contributed by atoms with Crippen molar-refractivity contribution in [2.24, 2.45) is 0 Å². The zero-order valence-corrected chi connectivity index (χ0v) is 63.1. The number of aliphatic hydroxyl groups is 15. The van der Waals surface area contributed by atoms with Crippen molar-refractivity contribution in [3.63, 3.8) is 0 Å². The monoisotopic (exact) mass is 1510 g/mol. The number of hydrogen-bond acceptors (Lipinski definition) is 27. The molecule has 5 rings (SSSR count). The predicted octanol–water partition coefficient (Wildman–Crippen LogP) is 3.53. The molecular formula is C76H138N2O27. The molecule has 0 saturated carbocycles. The van der Waals surface area contributed by atoms with E-state index in [-0.39, 0.29) is 12.3 Å². The number of unbranched alkanes of at least 4 members (excludes halogenated alkanes) is 30. The summed E-state index contributed by atoms with van der Waals surface area (Å²) in [5, 5.41) is 171. The third-order valence-corrected chi connectivity index (χ3v) is 20.8. The molecule has 0 aromatic heterocycles. The van der Waals surface area contributed by atoms with Gasteiger partial charge in [0, 0.05) is 13.3 Å². The lowest BCUT2D eigenvalue weighted by Crippen LogP contribution is -2.70. The third kappa shape index (κ3) is 31.5. The minimum absolute atomic E-state index is 0.194. The van der Waals surface area contributed by atoms with E-state index in [1.807, 2.05) is 6.08 Å². The zero-order chi connectivity index (χ0) is 76.6. The van der Waals surface area contributed by atoms with Crippen LogP contribution >= 0.6 is 0 Å². The van der Waals surface area contributed by atoms with Gasteiger partial charge in [0.1, 0.15) is 116 Å². The topological polar surface area (TPSA) is 454 Å². The highest BCUT2D eigenvalue weighted by Gasteiger charge is 2.57. The summed E-state index contributed by atoms with van der Waals surface area (Å²) in [4.78, 5) is 26.4. The van der Waals surface area contributed by atoms with Crippen LogP contribution < -0.4 is 10.6 Å². The lowest BCUT2D eigenvalue weighted by Gasteiger charge is -2.50. The quantitative estimate of drug-likeness (QED) is 0.0306. The van der Waals surface area contributed by atoms with Gasteiger partial charge in [-0.15, -0.1) is 0 Å². The predicted molar refractivity (Wildman–Crippen MR) is 385 cm³/mol. The summed E-state index contributed by atoms with van der Waals surface area (Å²) in [6, 6.07) is -2.80. The Morgan fingerprint density at radius 2 is 0.781 bits per heavy atom. The average Bonchev–Trinajstić information content (AvgIpc) is 0.775. The molecule has 2 amide bonds. The number of nitrogens with one attached hydrogen (secondary N) is 2. The molecule has 10 unspecified atom stereocenters. The number of amides is 2. The molecule has 5 aliphatic heterocycles. The van der Waals surface area contributed by atoms with Crippen LogP contribution in [0.4, 0.5) is 0 Å². The molecule has 0 aliphatic carbocycles. The van der Waals surface area contributed by atoms with Gasteiger partial charge in [-0.25, -0.2) is 0 Å². The second kappa shape index (κ2) is 52.6. The van der Waals surface area contributed by atoms with E-state index in [2.05, 4.69) is 36.6 Å². The minimum Gasteiger partial charge on any atom is -0.394 e. The van der Waals surface area contributed by atoms with Gasteiger partial charge >= 0.3 is 0 Å². The third-order valence-electron chi connectivity index (χ3n) is 20.8. The van der Waals surface area contributed by atoms with Crippen LogP contribution in [-0.2, 0) is 57.0 Å². The SMILES string of the molecule is CCCCCCCC/C=C\CCCCCCCCCCCCCCCC(=O)N[C@@H](CO[C@@H]1OC(CO)[C@@H](O[C@@H]2OC(CO)[C@H](O)[C@H](O[C@@H]3OC(CO)[C@@H](O[C@@H]4OC(CO)[C@H](O)[C@H](O)C4O[C@H]4OC(C)[C@@H](O)C(O)[C@@H]4O)[C@H](O)C3NC(C)=O)C2O)[C@H](O)C1O)[C@H](O)/C=C/CCCCCCCCCCCCC. The molecule has 29 nitrogen and oxygen atoms in total. The Bertz CT molecular complexity index is 2320. The molecule has 0 bridgehead atoms. The maximum atomic E-state index is 13.6. The normalized spacial score (nSPS) is 34.6. The minimum atomic E-state index is -2.15. The number of ether oxygens (including phenoxy) is 10. The largest absolute Gasteiger partial charge is 0.394 e. The van der Waals surface area contributed by atoms with Crippen LogP contribution in [0.3, 0.4) is 0 Å². The Kier molecular flexibility index (Phi) is 46.6. The van der Waals surface area contributed by atoms with E-state index in [4.69, 9.17) is 47.4 Å². The summed E-state index contributed by atoms with van der Waals surface area (Å²) < 4.78 is 59.0.